The second-order valence-electron chi connectivity index (χ2n) is 6.64. The van der Waals surface area contributed by atoms with Gasteiger partial charge in [0.15, 0.2) is 0 Å². The van der Waals surface area contributed by atoms with E-state index in [9.17, 15) is 4.79 Å². The van der Waals surface area contributed by atoms with E-state index >= 15 is 0 Å². The van der Waals surface area contributed by atoms with Gasteiger partial charge < -0.3 is 13.8 Å². The summed E-state index contributed by atoms with van der Waals surface area (Å²) in [5, 5.41) is 4.69. The molecule has 6 heteroatoms. The molecule has 0 saturated carbocycles. The summed E-state index contributed by atoms with van der Waals surface area (Å²) in [6, 6.07) is 5.63. The van der Waals surface area contributed by atoms with Gasteiger partial charge in [-0.2, -0.15) is 0 Å². The van der Waals surface area contributed by atoms with E-state index in [1.54, 1.807) is 6.26 Å². The van der Waals surface area contributed by atoms with Crippen LogP contribution in [0.2, 0.25) is 0 Å². The minimum Gasteiger partial charge on any atom is -0.467 e. The van der Waals surface area contributed by atoms with Crippen LogP contribution < -0.4 is 0 Å². The Kier molecular flexibility index (Phi) is 4.03. The number of hydrogen-bond donors (Lipinski definition) is 0. The van der Waals surface area contributed by atoms with E-state index in [0.717, 1.165) is 43.7 Å². The Morgan fingerprint density at radius 1 is 1.28 bits per heavy atom. The molecule has 0 aliphatic carbocycles. The first kappa shape index (κ1) is 15.9. The number of aromatic nitrogens is 2. The lowest BCUT2D eigenvalue weighted by atomic mass is 10.0. The summed E-state index contributed by atoms with van der Waals surface area (Å²) in [5.41, 5.74) is 2.47. The number of carbonyl (C=O) groups is 1. The second-order valence-corrected chi connectivity index (χ2v) is 6.64. The Morgan fingerprint density at radius 2 is 2.16 bits per heavy atom. The standard InChI is InChI=1S/C19H21N3O3/c1-12-11-14(17-13(2)21-25-18(17)20-12)19(23)22-9-5-3-4-7-15(22)16-8-6-10-24-16/h6,8,10-11,15H,3-5,7,9H2,1-2H3. The van der Waals surface area contributed by atoms with Crippen molar-refractivity contribution < 1.29 is 13.7 Å². The highest BCUT2D eigenvalue weighted by Crippen LogP contribution is 2.33. The van der Waals surface area contributed by atoms with Crippen LogP contribution in [0.25, 0.3) is 11.1 Å². The molecule has 1 saturated heterocycles. The molecule has 0 N–H and O–H groups in total. The molecule has 0 aromatic carbocycles. The average molecular weight is 339 g/mol. The summed E-state index contributed by atoms with van der Waals surface area (Å²) in [4.78, 5) is 19.8. The van der Waals surface area contributed by atoms with Gasteiger partial charge in [0.05, 0.1) is 28.9 Å². The van der Waals surface area contributed by atoms with Crippen LogP contribution in [0, 0.1) is 13.8 Å². The molecule has 1 aliphatic heterocycles. The number of fused-ring (bicyclic) bond motifs is 1. The van der Waals surface area contributed by atoms with Crippen LogP contribution in [0.5, 0.6) is 0 Å². The summed E-state index contributed by atoms with van der Waals surface area (Å²) in [7, 11) is 0. The van der Waals surface area contributed by atoms with E-state index in [2.05, 4.69) is 10.1 Å². The fraction of sp³-hybridized carbons (Fsp3) is 0.421. The van der Waals surface area contributed by atoms with E-state index in [-0.39, 0.29) is 11.9 Å². The van der Waals surface area contributed by atoms with Crippen molar-refractivity contribution in [1.82, 2.24) is 15.0 Å². The van der Waals surface area contributed by atoms with Gasteiger partial charge in [-0.15, -0.1) is 0 Å². The maximum atomic E-state index is 13.5. The highest BCUT2D eigenvalue weighted by Gasteiger charge is 2.31. The molecule has 0 spiro atoms. The molecule has 25 heavy (non-hydrogen) atoms. The first-order valence-electron chi connectivity index (χ1n) is 8.73. The molecule has 0 radical (unpaired) electrons. The SMILES string of the molecule is Cc1cc(C(=O)N2CCCCCC2c2ccco2)c2c(C)noc2n1. The zero-order chi connectivity index (χ0) is 17.4. The Bertz CT molecular complexity index is 898. The molecule has 0 bridgehead atoms. The number of nitrogens with zero attached hydrogens (tertiary/aromatic N) is 3. The Balaban J connectivity index is 1.79. The quantitative estimate of drug-likeness (QED) is 0.700. The lowest BCUT2D eigenvalue weighted by molar-refractivity contribution is 0.0660. The van der Waals surface area contributed by atoms with E-state index in [1.165, 1.54) is 0 Å². The van der Waals surface area contributed by atoms with Crippen LogP contribution in [0.4, 0.5) is 0 Å². The van der Waals surface area contributed by atoms with Gasteiger partial charge in [0.2, 0.25) is 0 Å². The average Bonchev–Trinajstić information content (AvgIpc) is 3.18. The summed E-state index contributed by atoms with van der Waals surface area (Å²) >= 11 is 0. The highest BCUT2D eigenvalue weighted by molar-refractivity contribution is 6.06. The van der Waals surface area contributed by atoms with E-state index < -0.39 is 0 Å². The van der Waals surface area contributed by atoms with Crippen LogP contribution in [0.1, 0.15) is 59.2 Å². The Hall–Kier alpha value is -2.63. The molecule has 3 aromatic heterocycles. The summed E-state index contributed by atoms with van der Waals surface area (Å²) in [5.74, 6) is 0.837. The van der Waals surface area contributed by atoms with Gasteiger partial charge in [0.1, 0.15) is 5.76 Å². The molecule has 1 fully saturated rings. The summed E-state index contributed by atoms with van der Waals surface area (Å²) in [6.07, 6.45) is 5.79. The molecule has 6 nitrogen and oxygen atoms in total. The largest absolute Gasteiger partial charge is 0.467 e. The van der Waals surface area contributed by atoms with E-state index in [4.69, 9.17) is 8.94 Å². The van der Waals surface area contributed by atoms with E-state index in [1.807, 2.05) is 36.9 Å². The van der Waals surface area contributed by atoms with Crippen molar-refractivity contribution in [2.45, 2.75) is 45.6 Å². The topological polar surface area (TPSA) is 72.4 Å². The molecule has 1 aliphatic rings. The third-order valence-electron chi connectivity index (χ3n) is 4.86. The first-order chi connectivity index (χ1) is 12.1. The molecule has 4 rings (SSSR count). The minimum absolute atomic E-state index is 0.00917. The highest BCUT2D eigenvalue weighted by atomic mass is 16.5. The Morgan fingerprint density at radius 3 is 2.96 bits per heavy atom. The maximum Gasteiger partial charge on any atom is 0.258 e. The van der Waals surface area contributed by atoms with Crippen molar-refractivity contribution in [1.29, 1.82) is 0 Å². The van der Waals surface area contributed by atoms with Crippen LogP contribution >= 0.6 is 0 Å². The predicted octanol–water partition coefficient (Wildman–Crippen LogP) is 4.19. The molecule has 3 aromatic rings. The maximum absolute atomic E-state index is 13.5. The molecule has 4 heterocycles. The number of likely N-dealkylation sites (tertiary alicyclic amines) is 1. The number of hydrogen-bond acceptors (Lipinski definition) is 5. The number of amides is 1. The van der Waals surface area contributed by atoms with Gasteiger partial charge in [-0.1, -0.05) is 18.0 Å². The number of carbonyl (C=O) groups excluding carboxylic acids is 1. The zero-order valence-electron chi connectivity index (χ0n) is 14.5. The first-order valence-corrected chi connectivity index (χ1v) is 8.73. The van der Waals surface area contributed by atoms with Gasteiger partial charge in [0.25, 0.3) is 11.6 Å². The second kappa shape index (κ2) is 6.35. The Labute approximate surface area is 145 Å². The van der Waals surface area contributed by atoms with Gasteiger partial charge in [-0.25, -0.2) is 4.98 Å². The lowest BCUT2D eigenvalue weighted by Crippen LogP contribution is -2.35. The number of rotatable bonds is 2. The van der Waals surface area contributed by atoms with Gasteiger partial charge in [0, 0.05) is 12.2 Å². The number of aryl methyl sites for hydroxylation is 2. The molecule has 130 valence electrons. The van der Waals surface area contributed by atoms with Crippen LogP contribution in [0.15, 0.2) is 33.4 Å². The number of furan rings is 1. The van der Waals surface area contributed by atoms with Crippen molar-refractivity contribution in [2.24, 2.45) is 0 Å². The summed E-state index contributed by atoms with van der Waals surface area (Å²) in [6.45, 7) is 4.42. The van der Waals surface area contributed by atoms with Crippen molar-refractivity contribution >= 4 is 17.0 Å². The fourth-order valence-corrected chi connectivity index (χ4v) is 3.67. The van der Waals surface area contributed by atoms with Gasteiger partial charge in [-0.05, 0) is 44.9 Å². The van der Waals surface area contributed by atoms with Crippen molar-refractivity contribution in [3.63, 3.8) is 0 Å². The number of pyridine rings is 1. The molecular formula is C19H21N3O3. The zero-order valence-corrected chi connectivity index (χ0v) is 14.5. The van der Waals surface area contributed by atoms with Crippen LogP contribution in [0.3, 0.4) is 0 Å². The monoisotopic (exact) mass is 339 g/mol. The fourth-order valence-electron chi connectivity index (χ4n) is 3.67. The molecule has 1 unspecified atom stereocenters. The minimum atomic E-state index is -0.0336. The normalized spacial score (nSPS) is 18.5. The third-order valence-corrected chi connectivity index (χ3v) is 4.86. The van der Waals surface area contributed by atoms with Gasteiger partial charge in [-0.3, -0.25) is 4.79 Å². The lowest BCUT2D eigenvalue weighted by Gasteiger charge is -2.29. The molecule has 1 amide bonds. The summed E-state index contributed by atoms with van der Waals surface area (Å²) < 4.78 is 10.9. The third kappa shape index (κ3) is 2.81. The van der Waals surface area contributed by atoms with Crippen molar-refractivity contribution in [3.05, 3.63) is 47.2 Å². The van der Waals surface area contributed by atoms with Crippen molar-refractivity contribution in [2.75, 3.05) is 6.54 Å². The van der Waals surface area contributed by atoms with Crippen molar-refractivity contribution in [3.8, 4) is 0 Å². The molecule has 1 atom stereocenters. The van der Waals surface area contributed by atoms with Gasteiger partial charge >= 0.3 is 0 Å². The van der Waals surface area contributed by atoms with E-state index in [0.29, 0.717) is 22.4 Å². The van der Waals surface area contributed by atoms with Crippen LogP contribution in [-0.2, 0) is 0 Å². The predicted molar refractivity (Wildman–Crippen MR) is 92.2 cm³/mol. The van der Waals surface area contributed by atoms with Crippen LogP contribution in [-0.4, -0.2) is 27.5 Å². The molecular weight excluding hydrogens is 318 g/mol. The smallest absolute Gasteiger partial charge is 0.258 e.